The summed E-state index contributed by atoms with van der Waals surface area (Å²) in [6.45, 7) is 0. The first-order chi connectivity index (χ1) is 15.3. The molecule has 0 bridgehead atoms. The van der Waals surface area contributed by atoms with Crippen molar-refractivity contribution in [2.24, 2.45) is 5.10 Å². The summed E-state index contributed by atoms with van der Waals surface area (Å²) in [6.07, 6.45) is 1.24. The van der Waals surface area contributed by atoms with Crippen LogP contribution >= 0.6 is 39.1 Å². The van der Waals surface area contributed by atoms with Crippen molar-refractivity contribution in [3.63, 3.8) is 0 Å². The fraction of sp³-hybridized carbons (Fsp3) is 0. The maximum absolute atomic E-state index is 12.4. The minimum atomic E-state index is -1.01. The van der Waals surface area contributed by atoms with Crippen LogP contribution in [0.3, 0.4) is 0 Å². The van der Waals surface area contributed by atoms with Crippen molar-refractivity contribution in [2.45, 2.75) is 0 Å². The summed E-state index contributed by atoms with van der Waals surface area (Å²) >= 11 is 15.3. The van der Waals surface area contributed by atoms with E-state index >= 15 is 0 Å². The van der Waals surface area contributed by atoms with Crippen molar-refractivity contribution in [3.8, 4) is 5.75 Å². The molecule has 32 heavy (non-hydrogen) atoms. The lowest BCUT2D eigenvalue weighted by Crippen LogP contribution is -2.32. The number of ether oxygens (including phenoxy) is 1. The number of benzene rings is 3. The van der Waals surface area contributed by atoms with Crippen molar-refractivity contribution in [1.82, 2.24) is 5.43 Å². The number of amides is 2. The number of carbonyl (C=O) groups is 3. The Kier molecular flexibility index (Phi) is 7.99. The van der Waals surface area contributed by atoms with Crippen molar-refractivity contribution in [2.75, 3.05) is 5.32 Å². The van der Waals surface area contributed by atoms with E-state index in [4.69, 9.17) is 27.9 Å². The number of hydrogen-bond donors (Lipinski definition) is 2. The summed E-state index contributed by atoms with van der Waals surface area (Å²) in [5.74, 6) is -2.44. The highest BCUT2D eigenvalue weighted by atomic mass is 79.9. The van der Waals surface area contributed by atoms with Gasteiger partial charge in [0.15, 0.2) is 0 Å². The molecule has 3 aromatic rings. The lowest BCUT2D eigenvalue weighted by atomic mass is 10.2. The van der Waals surface area contributed by atoms with Crippen LogP contribution in [0, 0.1) is 0 Å². The Bertz CT molecular complexity index is 1220. The molecule has 2 amide bonds. The minimum absolute atomic E-state index is 0.177. The molecule has 0 unspecified atom stereocenters. The van der Waals surface area contributed by atoms with E-state index in [0.717, 1.165) is 0 Å². The SMILES string of the molecule is O=C(NN=Cc1cc(Br)ccc1OC(=O)c1ccccc1Cl)C(=O)Nc1ccccc1Cl. The summed E-state index contributed by atoms with van der Waals surface area (Å²) in [6, 6.07) is 17.8. The molecule has 10 heteroatoms. The predicted octanol–water partition coefficient (Wildman–Crippen LogP) is 5.06. The number of esters is 1. The number of halogens is 3. The number of rotatable bonds is 5. The first-order valence-corrected chi connectivity index (χ1v) is 10.5. The largest absolute Gasteiger partial charge is 0.422 e. The van der Waals surface area contributed by atoms with Gasteiger partial charge >= 0.3 is 17.8 Å². The van der Waals surface area contributed by atoms with Crippen LogP contribution < -0.4 is 15.5 Å². The lowest BCUT2D eigenvalue weighted by molar-refractivity contribution is -0.136. The molecule has 0 saturated heterocycles. The zero-order valence-corrected chi connectivity index (χ0v) is 19.2. The van der Waals surface area contributed by atoms with Gasteiger partial charge in [-0.1, -0.05) is 63.4 Å². The average molecular weight is 535 g/mol. The Balaban J connectivity index is 1.69. The van der Waals surface area contributed by atoms with Gasteiger partial charge in [-0.3, -0.25) is 9.59 Å². The third-order valence-electron chi connectivity index (χ3n) is 3.97. The van der Waals surface area contributed by atoms with Gasteiger partial charge in [0, 0.05) is 10.0 Å². The van der Waals surface area contributed by atoms with Crippen LogP contribution in [0.15, 0.2) is 76.3 Å². The third-order valence-corrected chi connectivity index (χ3v) is 5.12. The van der Waals surface area contributed by atoms with Gasteiger partial charge in [0.2, 0.25) is 0 Å². The maximum atomic E-state index is 12.4. The second-order valence-electron chi connectivity index (χ2n) is 6.18. The predicted molar refractivity (Wildman–Crippen MR) is 126 cm³/mol. The van der Waals surface area contributed by atoms with E-state index in [9.17, 15) is 14.4 Å². The first kappa shape index (κ1) is 23.5. The molecule has 2 N–H and O–H groups in total. The van der Waals surface area contributed by atoms with Crippen LogP contribution in [0.25, 0.3) is 0 Å². The Hall–Kier alpha value is -3.20. The van der Waals surface area contributed by atoms with Gasteiger partial charge in [0.05, 0.1) is 27.5 Å². The van der Waals surface area contributed by atoms with Crippen LogP contribution in [0.5, 0.6) is 5.75 Å². The summed E-state index contributed by atoms with van der Waals surface area (Å²) < 4.78 is 6.10. The van der Waals surface area contributed by atoms with Crippen LogP contribution in [0.2, 0.25) is 10.0 Å². The summed E-state index contributed by atoms with van der Waals surface area (Å²) in [4.78, 5) is 36.5. The molecule has 0 fully saturated rings. The van der Waals surface area contributed by atoms with Gasteiger partial charge in [0.25, 0.3) is 0 Å². The molecule has 3 aromatic carbocycles. The molecule has 0 aliphatic carbocycles. The van der Waals surface area contributed by atoms with Gasteiger partial charge in [-0.15, -0.1) is 0 Å². The van der Waals surface area contributed by atoms with E-state index in [1.54, 1.807) is 60.7 Å². The number of carbonyl (C=O) groups excluding carboxylic acids is 3. The molecule has 0 saturated carbocycles. The number of nitrogens with zero attached hydrogens (tertiary/aromatic N) is 1. The van der Waals surface area contributed by atoms with Gasteiger partial charge in [-0.2, -0.15) is 5.10 Å². The normalized spacial score (nSPS) is 10.6. The Morgan fingerprint density at radius 1 is 0.906 bits per heavy atom. The van der Waals surface area contributed by atoms with E-state index in [1.807, 2.05) is 0 Å². The third kappa shape index (κ3) is 6.16. The van der Waals surface area contributed by atoms with Crippen molar-refractivity contribution in [3.05, 3.63) is 92.4 Å². The van der Waals surface area contributed by atoms with Crippen LogP contribution in [0.1, 0.15) is 15.9 Å². The Morgan fingerprint density at radius 3 is 2.31 bits per heavy atom. The molecule has 3 rings (SSSR count). The van der Waals surface area contributed by atoms with Gasteiger partial charge < -0.3 is 10.1 Å². The first-order valence-electron chi connectivity index (χ1n) is 9.00. The van der Waals surface area contributed by atoms with Gasteiger partial charge in [0.1, 0.15) is 5.75 Å². The van der Waals surface area contributed by atoms with Crippen molar-refractivity contribution < 1.29 is 19.1 Å². The van der Waals surface area contributed by atoms with Gasteiger partial charge in [-0.05, 0) is 42.5 Å². The molecule has 0 spiro atoms. The molecular formula is C22H14BrCl2N3O4. The molecule has 0 atom stereocenters. The zero-order chi connectivity index (χ0) is 23.1. The zero-order valence-electron chi connectivity index (χ0n) is 16.1. The molecular weight excluding hydrogens is 521 g/mol. The molecule has 0 aromatic heterocycles. The summed E-state index contributed by atoms with van der Waals surface area (Å²) in [7, 11) is 0. The van der Waals surface area contributed by atoms with E-state index < -0.39 is 17.8 Å². The molecule has 0 heterocycles. The summed E-state index contributed by atoms with van der Waals surface area (Å²) in [5, 5.41) is 6.69. The molecule has 162 valence electrons. The lowest BCUT2D eigenvalue weighted by Gasteiger charge is -2.09. The van der Waals surface area contributed by atoms with Crippen LogP contribution in [0.4, 0.5) is 5.69 Å². The molecule has 7 nitrogen and oxygen atoms in total. The van der Waals surface area contributed by atoms with E-state index in [0.29, 0.717) is 15.7 Å². The highest BCUT2D eigenvalue weighted by molar-refractivity contribution is 9.10. The summed E-state index contributed by atoms with van der Waals surface area (Å²) in [5.41, 5.74) is 2.97. The number of hydrazone groups is 1. The van der Waals surface area contributed by atoms with E-state index in [2.05, 4.69) is 31.8 Å². The fourth-order valence-corrected chi connectivity index (χ4v) is 3.22. The standard InChI is InChI=1S/C22H14BrCl2N3O4/c23-14-9-10-19(32-22(31)15-5-1-2-6-16(15)24)13(11-14)12-26-28-21(30)20(29)27-18-8-4-3-7-17(18)25/h1-12H,(H,27,29)(H,28,30). The highest BCUT2D eigenvalue weighted by Crippen LogP contribution is 2.24. The average Bonchev–Trinajstić information content (AvgIpc) is 2.77. The van der Waals surface area contributed by atoms with Crippen molar-refractivity contribution in [1.29, 1.82) is 0 Å². The Labute approximate surface area is 201 Å². The smallest absolute Gasteiger partial charge is 0.345 e. The maximum Gasteiger partial charge on any atom is 0.345 e. The molecule has 0 radical (unpaired) electrons. The second-order valence-corrected chi connectivity index (χ2v) is 7.91. The number of hydrogen-bond acceptors (Lipinski definition) is 5. The molecule has 0 aliphatic rings. The quantitative estimate of drug-likeness (QED) is 0.157. The van der Waals surface area contributed by atoms with Gasteiger partial charge in [-0.25, -0.2) is 10.2 Å². The molecule has 0 aliphatic heterocycles. The highest BCUT2D eigenvalue weighted by Gasteiger charge is 2.16. The number of anilines is 1. The Morgan fingerprint density at radius 2 is 1.59 bits per heavy atom. The number of para-hydroxylation sites is 1. The van der Waals surface area contributed by atoms with E-state index in [1.165, 1.54) is 12.3 Å². The monoisotopic (exact) mass is 533 g/mol. The topological polar surface area (TPSA) is 96.9 Å². The number of nitrogens with one attached hydrogen (secondary N) is 2. The second kappa shape index (κ2) is 10.9. The minimum Gasteiger partial charge on any atom is -0.422 e. The van der Waals surface area contributed by atoms with Crippen molar-refractivity contribution >= 4 is 68.8 Å². The van der Waals surface area contributed by atoms with Crippen LogP contribution in [-0.4, -0.2) is 24.0 Å². The fourth-order valence-electron chi connectivity index (χ4n) is 2.45. The van der Waals surface area contributed by atoms with Crippen LogP contribution in [-0.2, 0) is 9.59 Å². The van der Waals surface area contributed by atoms with E-state index in [-0.39, 0.29) is 21.4 Å².